The molecule has 2 aromatic carbocycles. The molecule has 1 aliphatic rings. The Morgan fingerprint density at radius 1 is 1.16 bits per heavy atom. The molecule has 1 heterocycles. The number of carbonyl (C=O) groups is 2. The first-order chi connectivity index (χ1) is 15.2. The van der Waals surface area contributed by atoms with Crippen LogP contribution in [-0.2, 0) is 25.3 Å². The highest BCUT2D eigenvalue weighted by Gasteiger charge is 2.31. The summed E-state index contributed by atoms with van der Waals surface area (Å²) >= 11 is 3.36. The number of esters is 1. The van der Waals surface area contributed by atoms with Gasteiger partial charge in [0.25, 0.3) is 0 Å². The van der Waals surface area contributed by atoms with Crippen molar-refractivity contribution in [1.29, 1.82) is 0 Å². The minimum absolute atomic E-state index is 0.0602. The highest BCUT2D eigenvalue weighted by Crippen LogP contribution is 2.25. The van der Waals surface area contributed by atoms with Crippen molar-refractivity contribution >= 4 is 43.5 Å². The van der Waals surface area contributed by atoms with Gasteiger partial charge in [-0.25, -0.2) is 17.5 Å². The number of nitrogens with zero attached hydrogens (tertiary/aromatic N) is 1. The maximum absolute atomic E-state index is 12.8. The van der Waals surface area contributed by atoms with Crippen LogP contribution in [0.15, 0.2) is 46.9 Å². The van der Waals surface area contributed by atoms with Gasteiger partial charge >= 0.3 is 5.97 Å². The fourth-order valence-electron chi connectivity index (χ4n) is 3.70. The average Bonchev–Trinajstić information content (AvgIpc) is 2.75. The number of amides is 1. The Morgan fingerprint density at radius 3 is 2.50 bits per heavy atom. The molecular formula is C23H27BrN2O5S. The number of anilines is 1. The van der Waals surface area contributed by atoms with Gasteiger partial charge in [0.1, 0.15) is 0 Å². The SMILES string of the molecule is CCOC(=O)c1ccc(NC(=O)C2CCN(S(=O)(=O)Cc3cccc(Br)c3)CC2)c(C)c1. The first-order valence-electron chi connectivity index (χ1n) is 10.5. The largest absolute Gasteiger partial charge is 0.462 e. The molecule has 0 aromatic heterocycles. The zero-order valence-electron chi connectivity index (χ0n) is 18.1. The molecule has 3 rings (SSSR count). The van der Waals surface area contributed by atoms with Gasteiger partial charge in [-0.15, -0.1) is 0 Å². The van der Waals surface area contributed by atoms with E-state index in [9.17, 15) is 18.0 Å². The normalized spacial score (nSPS) is 15.3. The molecule has 0 spiro atoms. The molecule has 0 saturated carbocycles. The Hall–Kier alpha value is -2.23. The van der Waals surface area contributed by atoms with E-state index in [0.29, 0.717) is 43.8 Å². The van der Waals surface area contributed by atoms with Crippen molar-refractivity contribution in [2.24, 2.45) is 5.92 Å². The maximum Gasteiger partial charge on any atom is 0.338 e. The van der Waals surface area contributed by atoms with Crippen LogP contribution in [-0.4, -0.2) is 44.3 Å². The molecule has 1 amide bonds. The lowest BCUT2D eigenvalue weighted by atomic mass is 9.97. The molecular weight excluding hydrogens is 496 g/mol. The minimum Gasteiger partial charge on any atom is -0.462 e. The zero-order chi connectivity index (χ0) is 23.3. The van der Waals surface area contributed by atoms with Gasteiger partial charge in [0, 0.05) is 29.2 Å². The first kappa shape index (κ1) is 24.4. The van der Waals surface area contributed by atoms with Gasteiger partial charge < -0.3 is 10.1 Å². The molecule has 0 unspecified atom stereocenters. The molecule has 172 valence electrons. The fraction of sp³-hybridized carbons (Fsp3) is 0.391. The molecule has 2 aromatic rings. The quantitative estimate of drug-likeness (QED) is 0.552. The van der Waals surface area contributed by atoms with Crippen LogP contribution in [0.4, 0.5) is 5.69 Å². The van der Waals surface area contributed by atoms with Crippen LogP contribution >= 0.6 is 15.9 Å². The number of hydrogen-bond donors (Lipinski definition) is 1. The van der Waals surface area contributed by atoms with Crippen molar-refractivity contribution in [1.82, 2.24) is 4.31 Å². The van der Waals surface area contributed by atoms with Crippen molar-refractivity contribution in [3.05, 3.63) is 63.6 Å². The summed E-state index contributed by atoms with van der Waals surface area (Å²) in [5.41, 5.74) is 2.55. The summed E-state index contributed by atoms with van der Waals surface area (Å²) in [6.45, 7) is 4.49. The molecule has 9 heteroatoms. The molecule has 0 aliphatic carbocycles. The molecule has 0 bridgehead atoms. The molecule has 1 aliphatic heterocycles. The number of carbonyl (C=O) groups excluding carboxylic acids is 2. The minimum atomic E-state index is -3.45. The number of rotatable bonds is 7. The van der Waals surface area contributed by atoms with Gasteiger partial charge in [-0.2, -0.15) is 0 Å². The second kappa shape index (κ2) is 10.6. The van der Waals surface area contributed by atoms with Crippen molar-refractivity contribution < 1.29 is 22.7 Å². The highest BCUT2D eigenvalue weighted by molar-refractivity contribution is 9.10. The number of ether oxygens (including phenoxy) is 1. The Labute approximate surface area is 197 Å². The van der Waals surface area contributed by atoms with Gasteiger partial charge in [0.15, 0.2) is 0 Å². The van der Waals surface area contributed by atoms with E-state index in [4.69, 9.17) is 4.74 Å². The lowest BCUT2D eigenvalue weighted by Gasteiger charge is -2.30. The standard InChI is InChI=1S/C23H27BrN2O5S/c1-3-31-23(28)19-7-8-21(16(2)13-19)25-22(27)18-9-11-26(12-10-18)32(29,30)15-17-5-4-6-20(24)14-17/h4-8,13-14,18H,3,9-12,15H2,1-2H3,(H,25,27). The topological polar surface area (TPSA) is 92.8 Å². The van der Waals surface area contributed by atoms with E-state index < -0.39 is 16.0 Å². The summed E-state index contributed by atoms with van der Waals surface area (Å²) in [6, 6.07) is 12.3. The van der Waals surface area contributed by atoms with E-state index in [1.165, 1.54) is 4.31 Å². The number of sulfonamides is 1. The van der Waals surface area contributed by atoms with Gasteiger partial charge in [0.2, 0.25) is 15.9 Å². The number of halogens is 1. The number of aryl methyl sites for hydroxylation is 1. The Kier molecular flexibility index (Phi) is 8.08. The maximum atomic E-state index is 12.8. The lowest BCUT2D eigenvalue weighted by Crippen LogP contribution is -2.41. The summed E-state index contributed by atoms with van der Waals surface area (Å²) in [5.74, 6) is -0.864. The average molecular weight is 523 g/mol. The number of piperidine rings is 1. The highest BCUT2D eigenvalue weighted by atomic mass is 79.9. The molecule has 32 heavy (non-hydrogen) atoms. The van der Waals surface area contributed by atoms with Crippen LogP contribution in [0.1, 0.15) is 41.3 Å². The zero-order valence-corrected chi connectivity index (χ0v) is 20.5. The van der Waals surface area contributed by atoms with E-state index in [2.05, 4.69) is 21.2 Å². The summed E-state index contributed by atoms with van der Waals surface area (Å²) in [5, 5.41) is 2.91. The smallest absolute Gasteiger partial charge is 0.338 e. The van der Waals surface area contributed by atoms with E-state index in [1.54, 1.807) is 37.3 Å². The van der Waals surface area contributed by atoms with Crippen LogP contribution in [0.3, 0.4) is 0 Å². The van der Waals surface area contributed by atoms with Gasteiger partial charge in [0.05, 0.1) is 17.9 Å². The van der Waals surface area contributed by atoms with Gasteiger partial charge in [-0.3, -0.25) is 4.79 Å². The summed E-state index contributed by atoms with van der Waals surface area (Å²) in [7, 11) is -3.45. The number of hydrogen-bond acceptors (Lipinski definition) is 5. The molecule has 1 saturated heterocycles. The van der Waals surface area contributed by atoms with Crippen LogP contribution < -0.4 is 5.32 Å². The van der Waals surface area contributed by atoms with E-state index in [0.717, 1.165) is 15.6 Å². The van der Waals surface area contributed by atoms with Gasteiger partial charge in [-0.05, 0) is 68.1 Å². The third-order valence-corrected chi connectivity index (χ3v) is 7.79. The second-order valence-corrected chi connectivity index (χ2v) is 10.7. The summed E-state index contributed by atoms with van der Waals surface area (Å²) in [4.78, 5) is 24.6. The van der Waals surface area contributed by atoms with E-state index in [-0.39, 0.29) is 17.6 Å². The fourth-order valence-corrected chi connectivity index (χ4v) is 5.70. The monoisotopic (exact) mass is 522 g/mol. The molecule has 0 atom stereocenters. The second-order valence-electron chi connectivity index (χ2n) is 7.80. The summed E-state index contributed by atoms with van der Waals surface area (Å²) in [6.07, 6.45) is 0.924. The van der Waals surface area contributed by atoms with Crippen molar-refractivity contribution in [2.45, 2.75) is 32.4 Å². The van der Waals surface area contributed by atoms with Crippen molar-refractivity contribution in [3.63, 3.8) is 0 Å². The van der Waals surface area contributed by atoms with Crippen molar-refractivity contribution in [2.75, 3.05) is 25.0 Å². The van der Waals surface area contributed by atoms with E-state index in [1.807, 2.05) is 19.1 Å². The molecule has 7 nitrogen and oxygen atoms in total. The first-order valence-corrected chi connectivity index (χ1v) is 12.9. The molecule has 1 N–H and O–H groups in total. The van der Waals surface area contributed by atoms with Crippen molar-refractivity contribution in [3.8, 4) is 0 Å². The van der Waals surface area contributed by atoms with Gasteiger partial charge in [-0.1, -0.05) is 28.1 Å². The molecule has 1 fully saturated rings. The predicted molar refractivity (Wildman–Crippen MR) is 127 cm³/mol. The number of benzene rings is 2. The molecule has 0 radical (unpaired) electrons. The van der Waals surface area contributed by atoms with Crippen LogP contribution in [0, 0.1) is 12.8 Å². The van der Waals surface area contributed by atoms with Crippen LogP contribution in [0.25, 0.3) is 0 Å². The Morgan fingerprint density at radius 2 is 1.88 bits per heavy atom. The van der Waals surface area contributed by atoms with Crippen LogP contribution in [0.2, 0.25) is 0 Å². The third-order valence-electron chi connectivity index (χ3n) is 5.45. The Balaban J connectivity index is 1.57. The third kappa shape index (κ3) is 6.17. The number of nitrogens with one attached hydrogen (secondary N) is 1. The lowest BCUT2D eigenvalue weighted by molar-refractivity contribution is -0.120. The summed E-state index contributed by atoms with van der Waals surface area (Å²) < 4.78 is 32.9. The predicted octanol–water partition coefficient (Wildman–Crippen LogP) is 4.11. The van der Waals surface area contributed by atoms with E-state index >= 15 is 0 Å². The Bertz CT molecular complexity index is 1100. The van der Waals surface area contributed by atoms with Crippen LogP contribution in [0.5, 0.6) is 0 Å².